The number of fused-ring (bicyclic) bond motifs is 3. The van der Waals surface area contributed by atoms with Crippen LogP contribution in [0, 0.1) is 11.8 Å². The molecule has 0 aromatic heterocycles. The summed E-state index contributed by atoms with van der Waals surface area (Å²) in [5.74, 6) is 1.22. The number of allylic oxidation sites excluding steroid dienone is 4. The molecule has 2 aliphatic rings. The zero-order valence-corrected chi connectivity index (χ0v) is 22.2. The van der Waals surface area contributed by atoms with Crippen LogP contribution in [0.25, 0.3) is 11.1 Å². The summed E-state index contributed by atoms with van der Waals surface area (Å²) in [6, 6.07) is 18.3. The standard InChI is InChI=1S/C13H9.C10H15.C3H6.2ClH.Zr/c1-3-7-12-10(5-1)9-11-6-2-4-8-13(11)12;1-7(2)10-6-8(3)5-9(10)4;1-3-2;;;/h1-9H;6-8H,1-4H3;1-2H3;2*1H;/q;;;;;+2/p-2. The Hall–Kier alpha value is -0.747. The van der Waals surface area contributed by atoms with Crippen LogP contribution in [0.3, 0.4) is 0 Å². The van der Waals surface area contributed by atoms with Crippen molar-refractivity contribution >= 4 is 3.21 Å². The third-order valence-electron chi connectivity index (χ3n) is 6.30. The molecular weight excluding hydrogens is 474 g/mol. The summed E-state index contributed by atoms with van der Waals surface area (Å²) >= 11 is -2.08. The number of hydrogen-bond donors (Lipinski definition) is 0. The molecule has 0 aliphatic heterocycles. The van der Waals surface area contributed by atoms with Crippen molar-refractivity contribution in [2.24, 2.45) is 11.8 Å². The van der Waals surface area contributed by atoms with E-state index in [9.17, 15) is 0 Å². The molecule has 0 saturated heterocycles. The van der Waals surface area contributed by atoms with Crippen LogP contribution in [0.15, 0.2) is 69.0 Å². The van der Waals surface area contributed by atoms with Crippen molar-refractivity contribution in [3.05, 3.63) is 80.2 Å². The van der Waals surface area contributed by atoms with Crippen molar-refractivity contribution in [2.75, 3.05) is 0 Å². The Morgan fingerprint density at radius 2 is 1.34 bits per heavy atom. The van der Waals surface area contributed by atoms with Crippen molar-refractivity contribution in [3.63, 3.8) is 0 Å². The van der Waals surface area contributed by atoms with Crippen molar-refractivity contribution < 1.29 is 46.1 Å². The van der Waals surface area contributed by atoms with Gasteiger partial charge in [0.15, 0.2) is 0 Å². The molecule has 152 valence electrons. The molecule has 3 heteroatoms. The Morgan fingerprint density at radius 1 is 0.862 bits per heavy atom. The molecule has 0 bridgehead atoms. The first-order chi connectivity index (χ1) is 12.9. The van der Waals surface area contributed by atoms with Gasteiger partial charge in [-0.05, 0) is 0 Å². The smallest absolute Gasteiger partial charge is 1.00 e. The molecule has 2 aromatic carbocycles. The molecule has 1 unspecified atom stereocenters. The Balaban J connectivity index is 0.00000150. The number of benzene rings is 2. The van der Waals surface area contributed by atoms with Crippen molar-refractivity contribution in [1.29, 1.82) is 0 Å². The van der Waals surface area contributed by atoms with Gasteiger partial charge >= 0.3 is 173 Å². The van der Waals surface area contributed by atoms with Gasteiger partial charge in [-0.1, -0.05) is 0 Å². The van der Waals surface area contributed by atoms with Crippen LogP contribution < -0.4 is 24.8 Å². The van der Waals surface area contributed by atoms with Crippen LogP contribution in [-0.4, -0.2) is 3.21 Å². The molecule has 4 rings (SSSR count). The SMILES string of the molecule is CC1=[C]([Zr+2](=[C](C)C)[CH]2c3ccccc3-c3ccccc32)C(C)C=C1C(C)C.[Cl-].[Cl-]. The molecule has 0 spiro atoms. The Morgan fingerprint density at radius 3 is 1.76 bits per heavy atom. The summed E-state index contributed by atoms with van der Waals surface area (Å²) in [4.78, 5) is 0. The maximum absolute atomic E-state index is 2.56. The predicted octanol–water partition coefficient (Wildman–Crippen LogP) is 1.10. The van der Waals surface area contributed by atoms with Gasteiger partial charge in [0, 0.05) is 0 Å². The maximum Gasteiger partial charge on any atom is -1.00 e. The average molecular weight is 505 g/mol. The van der Waals surface area contributed by atoms with Gasteiger partial charge in [-0.3, -0.25) is 0 Å². The summed E-state index contributed by atoms with van der Waals surface area (Å²) in [6.07, 6.45) is 2.56. The van der Waals surface area contributed by atoms with Gasteiger partial charge in [0.05, 0.1) is 0 Å². The Bertz CT molecular complexity index is 961. The molecule has 0 saturated carbocycles. The molecule has 0 amide bonds. The summed E-state index contributed by atoms with van der Waals surface area (Å²) < 4.78 is 4.17. The second kappa shape index (κ2) is 9.59. The van der Waals surface area contributed by atoms with Crippen molar-refractivity contribution in [3.8, 4) is 11.1 Å². The molecule has 0 N–H and O–H groups in total. The molecule has 2 aromatic rings. The van der Waals surface area contributed by atoms with Gasteiger partial charge in [-0.15, -0.1) is 0 Å². The van der Waals surface area contributed by atoms with E-state index < -0.39 is 21.3 Å². The Labute approximate surface area is 196 Å². The van der Waals surface area contributed by atoms with Crippen LogP contribution in [0.1, 0.15) is 56.3 Å². The first kappa shape index (κ1) is 24.5. The van der Waals surface area contributed by atoms with E-state index in [-0.39, 0.29) is 24.8 Å². The minimum absolute atomic E-state index is 0. The Kier molecular flexibility index (Phi) is 8.11. The van der Waals surface area contributed by atoms with Gasteiger partial charge in [0.1, 0.15) is 0 Å². The van der Waals surface area contributed by atoms with E-state index >= 15 is 0 Å². The fraction of sp³-hybridized carbons (Fsp3) is 0.346. The minimum atomic E-state index is -2.08. The molecular formula is C26H30Cl2Zr. The number of hydrogen-bond acceptors (Lipinski definition) is 0. The van der Waals surface area contributed by atoms with E-state index in [0.717, 1.165) is 0 Å². The van der Waals surface area contributed by atoms with Crippen LogP contribution >= 0.6 is 0 Å². The molecule has 0 nitrogen and oxygen atoms in total. The van der Waals surface area contributed by atoms with E-state index in [0.29, 0.717) is 15.5 Å². The molecule has 29 heavy (non-hydrogen) atoms. The van der Waals surface area contributed by atoms with Gasteiger partial charge < -0.3 is 24.8 Å². The molecule has 0 fully saturated rings. The van der Waals surface area contributed by atoms with Gasteiger partial charge in [-0.25, -0.2) is 0 Å². The van der Waals surface area contributed by atoms with Crippen molar-refractivity contribution in [1.82, 2.24) is 0 Å². The summed E-state index contributed by atoms with van der Waals surface area (Å²) in [5, 5.41) is 0. The minimum Gasteiger partial charge on any atom is -1.00 e. The first-order valence-corrected chi connectivity index (χ1v) is 14.1. The van der Waals surface area contributed by atoms with Crippen LogP contribution in [0.4, 0.5) is 0 Å². The van der Waals surface area contributed by atoms with Gasteiger partial charge in [0.25, 0.3) is 0 Å². The summed E-state index contributed by atoms with van der Waals surface area (Å²) in [6.45, 7) is 14.4. The summed E-state index contributed by atoms with van der Waals surface area (Å²) in [5.41, 5.74) is 9.32. The largest absolute Gasteiger partial charge is 1.00 e. The van der Waals surface area contributed by atoms with Crippen LogP contribution in [-0.2, 0) is 21.3 Å². The average Bonchev–Trinajstić information content (AvgIpc) is 3.12. The first-order valence-electron chi connectivity index (χ1n) is 10.2. The van der Waals surface area contributed by atoms with E-state index in [1.807, 2.05) is 3.28 Å². The van der Waals surface area contributed by atoms with Crippen molar-refractivity contribution in [2.45, 2.75) is 45.2 Å². The number of rotatable bonds is 3. The normalized spacial score (nSPS) is 17.0. The molecule has 0 radical (unpaired) electrons. The molecule has 1 atom stereocenters. The monoisotopic (exact) mass is 502 g/mol. The third kappa shape index (κ3) is 4.08. The molecule has 2 aliphatic carbocycles. The van der Waals surface area contributed by atoms with E-state index in [1.54, 1.807) is 25.5 Å². The van der Waals surface area contributed by atoms with Gasteiger partial charge in [-0.2, -0.15) is 0 Å². The topological polar surface area (TPSA) is 0 Å². The van der Waals surface area contributed by atoms with E-state index in [1.165, 1.54) is 11.1 Å². The number of halogens is 2. The fourth-order valence-corrected chi connectivity index (χ4v) is 14.3. The summed E-state index contributed by atoms with van der Waals surface area (Å²) in [7, 11) is 0. The van der Waals surface area contributed by atoms with Gasteiger partial charge in [0.2, 0.25) is 0 Å². The predicted molar refractivity (Wildman–Crippen MR) is 115 cm³/mol. The quantitative estimate of drug-likeness (QED) is 0.588. The van der Waals surface area contributed by atoms with Crippen LogP contribution in [0.5, 0.6) is 0 Å². The maximum atomic E-state index is 2.56. The van der Waals surface area contributed by atoms with E-state index in [4.69, 9.17) is 0 Å². The molecule has 0 heterocycles. The van der Waals surface area contributed by atoms with Crippen LogP contribution in [0.2, 0.25) is 0 Å². The second-order valence-electron chi connectivity index (χ2n) is 8.63. The second-order valence-corrected chi connectivity index (χ2v) is 15.9. The van der Waals surface area contributed by atoms with E-state index in [2.05, 4.69) is 96.1 Å². The zero-order valence-electron chi connectivity index (χ0n) is 18.2. The zero-order chi connectivity index (χ0) is 19.3. The fourth-order valence-electron chi connectivity index (χ4n) is 5.23. The third-order valence-corrected chi connectivity index (χ3v) is 15.4.